The normalized spacial score (nSPS) is 11.1. The van der Waals surface area contributed by atoms with Gasteiger partial charge in [-0.2, -0.15) is 15.8 Å². The number of fused-ring (bicyclic) bond motifs is 6. The Labute approximate surface area is 287 Å². The Hall–Kier alpha value is -7.39. The molecular weight excluding hydrogens is 613 g/mol. The zero-order valence-electron chi connectivity index (χ0n) is 26.6. The van der Waals surface area contributed by atoms with E-state index in [0.717, 1.165) is 82.8 Å². The lowest BCUT2D eigenvalue weighted by molar-refractivity contribution is 0.669. The van der Waals surface area contributed by atoms with Crippen LogP contribution in [0.3, 0.4) is 0 Å². The fraction of sp³-hybridized carbons (Fsp3) is 0. The van der Waals surface area contributed by atoms with E-state index in [4.69, 9.17) is 4.42 Å². The summed E-state index contributed by atoms with van der Waals surface area (Å²) in [6.45, 7) is 0. The molecule has 0 bridgehead atoms. The third-order valence-corrected chi connectivity index (χ3v) is 9.45. The molecule has 0 aliphatic rings. The van der Waals surface area contributed by atoms with Crippen LogP contribution in [0.25, 0.3) is 82.8 Å². The van der Waals surface area contributed by atoms with Crippen LogP contribution < -0.4 is 0 Å². The maximum absolute atomic E-state index is 9.76. The van der Waals surface area contributed by atoms with Crippen LogP contribution in [0, 0.1) is 34.0 Å². The summed E-state index contributed by atoms with van der Waals surface area (Å²) in [5, 5.41) is 33.1. The van der Waals surface area contributed by atoms with E-state index in [1.165, 1.54) is 0 Å². The van der Waals surface area contributed by atoms with E-state index in [1.807, 2.05) is 97.1 Å². The Balaban J connectivity index is 1.35. The molecule has 50 heavy (non-hydrogen) atoms. The number of nitriles is 3. The maximum Gasteiger partial charge on any atom is 0.135 e. The van der Waals surface area contributed by atoms with Crippen molar-refractivity contribution in [2.45, 2.75) is 0 Å². The van der Waals surface area contributed by atoms with Gasteiger partial charge in [-0.3, -0.25) is 0 Å². The Kier molecular flexibility index (Phi) is 6.56. The van der Waals surface area contributed by atoms with Crippen LogP contribution in [0.15, 0.2) is 150 Å². The first-order valence-corrected chi connectivity index (χ1v) is 16.2. The van der Waals surface area contributed by atoms with Crippen molar-refractivity contribution in [3.63, 3.8) is 0 Å². The molecule has 0 saturated heterocycles. The summed E-state index contributed by atoms with van der Waals surface area (Å²) in [5.74, 6) is 0. The highest BCUT2D eigenvalue weighted by Gasteiger charge is 2.18. The quantitative estimate of drug-likeness (QED) is 0.192. The molecule has 2 aromatic heterocycles. The lowest BCUT2D eigenvalue weighted by Gasteiger charge is -2.16. The van der Waals surface area contributed by atoms with Crippen LogP contribution >= 0.6 is 0 Å². The summed E-state index contributed by atoms with van der Waals surface area (Å²) >= 11 is 0. The van der Waals surface area contributed by atoms with Crippen molar-refractivity contribution in [2.75, 3.05) is 0 Å². The van der Waals surface area contributed by atoms with Crippen molar-refractivity contribution in [3.05, 3.63) is 162 Å². The van der Waals surface area contributed by atoms with Crippen LogP contribution in [-0.4, -0.2) is 4.57 Å². The summed E-state index contributed by atoms with van der Waals surface area (Å²) in [7, 11) is 0. The van der Waals surface area contributed by atoms with E-state index in [9.17, 15) is 15.8 Å². The minimum Gasteiger partial charge on any atom is -0.456 e. The second-order valence-electron chi connectivity index (χ2n) is 12.3. The molecule has 5 nitrogen and oxygen atoms in total. The van der Waals surface area contributed by atoms with Crippen LogP contribution in [0.4, 0.5) is 0 Å². The van der Waals surface area contributed by atoms with Gasteiger partial charge >= 0.3 is 0 Å². The number of aromatic nitrogens is 1. The fourth-order valence-electron chi connectivity index (χ4n) is 7.15. The van der Waals surface area contributed by atoms with Gasteiger partial charge < -0.3 is 8.98 Å². The van der Waals surface area contributed by atoms with Gasteiger partial charge in [-0.25, -0.2) is 0 Å². The van der Waals surface area contributed by atoms with Gasteiger partial charge in [0.2, 0.25) is 0 Å². The van der Waals surface area contributed by atoms with Gasteiger partial charge in [0.1, 0.15) is 11.2 Å². The minimum absolute atomic E-state index is 0.558. The first-order valence-electron chi connectivity index (χ1n) is 16.2. The highest BCUT2D eigenvalue weighted by atomic mass is 16.3. The van der Waals surface area contributed by atoms with Crippen LogP contribution in [-0.2, 0) is 0 Å². The molecule has 9 aromatic rings. The fourth-order valence-corrected chi connectivity index (χ4v) is 7.15. The highest BCUT2D eigenvalue weighted by Crippen LogP contribution is 2.40. The molecule has 7 aromatic carbocycles. The van der Waals surface area contributed by atoms with E-state index >= 15 is 0 Å². The summed E-state index contributed by atoms with van der Waals surface area (Å²) < 4.78 is 8.38. The largest absolute Gasteiger partial charge is 0.456 e. The lowest BCUT2D eigenvalue weighted by Crippen LogP contribution is -1.97. The van der Waals surface area contributed by atoms with E-state index in [-0.39, 0.29) is 0 Å². The average molecular weight is 637 g/mol. The standard InChI is InChI=1S/C45H24N4O/c46-25-28-6-5-7-32(18-28)36-8-1-2-9-37(36)34-21-33(31-14-17-45-41(24-31)38-10-3-4-11-44(38)50-45)22-35(23-34)49-42-15-12-29(26-47)19-39(42)40-20-30(27-48)13-16-43(40)49/h1-24H. The molecule has 0 aliphatic heterocycles. The Morgan fingerprint density at radius 3 is 1.74 bits per heavy atom. The molecule has 0 radical (unpaired) electrons. The number of para-hydroxylation sites is 1. The molecule has 0 N–H and O–H groups in total. The zero-order valence-corrected chi connectivity index (χ0v) is 26.6. The number of nitrogens with zero attached hydrogens (tertiary/aromatic N) is 4. The monoisotopic (exact) mass is 636 g/mol. The Morgan fingerprint density at radius 2 is 1.02 bits per heavy atom. The Bertz CT molecular complexity index is 2910. The van der Waals surface area contributed by atoms with Crippen molar-refractivity contribution in [3.8, 4) is 57.3 Å². The molecule has 0 saturated carbocycles. The molecule has 5 heteroatoms. The SMILES string of the molecule is N#Cc1cccc(-c2ccccc2-c2cc(-c3ccc4oc5ccccc5c4c3)cc(-n3c4ccc(C#N)cc4c4cc(C#N)ccc43)c2)c1. The van der Waals surface area contributed by atoms with Gasteiger partial charge in [0.15, 0.2) is 0 Å². The molecule has 2 heterocycles. The molecule has 0 aliphatic carbocycles. The van der Waals surface area contributed by atoms with Gasteiger partial charge in [-0.05, 0) is 118 Å². The molecule has 0 amide bonds. The zero-order chi connectivity index (χ0) is 33.8. The third-order valence-electron chi connectivity index (χ3n) is 9.45. The van der Waals surface area contributed by atoms with Gasteiger partial charge in [0.05, 0.1) is 45.9 Å². The smallest absolute Gasteiger partial charge is 0.135 e. The molecule has 9 rings (SSSR count). The van der Waals surface area contributed by atoms with E-state index < -0.39 is 0 Å². The van der Waals surface area contributed by atoms with Crippen LogP contribution in [0.1, 0.15) is 16.7 Å². The van der Waals surface area contributed by atoms with Gasteiger partial charge in [0.25, 0.3) is 0 Å². The van der Waals surface area contributed by atoms with Gasteiger partial charge in [-0.1, -0.05) is 60.7 Å². The molecule has 230 valence electrons. The topological polar surface area (TPSA) is 89.4 Å². The van der Waals surface area contributed by atoms with Gasteiger partial charge in [-0.15, -0.1) is 0 Å². The minimum atomic E-state index is 0.558. The van der Waals surface area contributed by atoms with Crippen molar-refractivity contribution >= 4 is 43.7 Å². The molecule has 0 fully saturated rings. The lowest BCUT2D eigenvalue weighted by atomic mass is 9.91. The number of furan rings is 1. The first kappa shape index (κ1) is 28.8. The van der Waals surface area contributed by atoms with Crippen molar-refractivity contribution < 1.29 is 4.42 Å². The molecule has 0 atom stereocenters. The van der Waals surface area contributed by atoms with Crippen molar-refractivity contribution in [2.24, 2.45) is 0 Å². The summed E-state index contributed by atoms with van der Waals surface area (Å²) in [6.07, 6.45) is 0. The summed E-state index contributed by atoms with van der Waals surface area (Å²) in [4.78, 5) is 0. The van der Waals surface area contributed by atoms with Crippen LogP contribution in [0.2, 0.25) is 0 Å². The van der Waals surface area contributed by atoms with Gasteiger partial charge in [0, 0.05) is 27.2 Å². The molecule has 0 unspecified atom stereocenters. The second-order valence-corrected chi connectivity index (χ2v) is 12.3. The number of hydrogen-bond acceptors (Lipinski definition) is 4. The number of hydrogen-bond donors (Lipinski definition) is 0. The summed E-state index contributed by atoms with van der Waals surface area (Å²) in [6, 6.07) is 55.2. The molecular formula is C45H24N4O. The highest BCUT2D eigenvalue weighted by molar-refractivity contribution is 6.10. The van der Waals surface area contributed by atoms with Crippen molar-refractivity contribution in [1.29, 1.82) is 15.8 Å². The Morgan fingerprint density at radius 1 is 0.400 bits per heavy atom. The first-order chi connectivity index (χ1) is 24.6. The predicted octanol–water partition coefficient (Wildman–Crippen LogP) is 11.3. The third kappa shape index (κ3) is 4.61. The van der Waals surface area contributed by atoms with Crippen molar-refractivity contribution in [1.82, 2.24) is 4.57 Å². The number of benzene rings is 7. The van der Waals surface area contributed by atoms with E-state index in [2.05, 4.69) is 71.3 Å². The summed E-state index contributed by atoms with van der Waals surface area (Å²) in [5.41, 5.74) is 12.3. The second kappa shape index (κ2) is 11.4. The average Bonchev–Trinajstić information content (AvgIpc) is 3.72. The van der Waals surface area contributed by atoms with E-state index in [0.29, 0.717) is 16.7 Å². The number of rotatable bonds is 4. The predicted molar refractivity (Wildman–Crippen MR) is 199 cm³/mol. The van der Waals surface area contributed by atoms with Crippen LogP contribution in [0.5, 0.6) is 0 Å². The molecule has 0 spiro atoms. The van der Waals surface area contributed by atoms with E-state index in [1.54, 1.807) is 0 Å². The maximum atomic E-state index is 9.76.